The molecule has 0 heterocycles. The van der Waals surface area contributed by atoms with Gasteiger partial charge >= 0.3 is 17.9 Å². The van der Waals surface area contributed by atoms with Crippen LogP contribution in [0.25, 0.3) is 10.8 Å². The monoisotopic (exact) mass is 1370 g/mol. The van der Waals surface area contributed by atoms with E-state index >= 15 is 9.59 Å². The van der Waals surface area contributed by atoms with Crippen LogP contribution in [0.3, 0.4) is 0 Å². The maximum Gasteiger partial charge on any atom is 0.350 e. The van der Waals surface area contributed by atoms with E-state index in [1.165, 1.54) is 6.92 Å². The Morgan fingerprint density at radius 1 is 0.700 bits per heavy atom. The number of primary amides is 2. The molecule has 4 aliphatic carbocycles. The van der Waals surface area contributed by atoms with Crippen molar-refractivity contribution in [1.29, 1.82) is 0 Å². The third-order valence-electron chi connectivity index (χ3n) is 21.6. The van der Waals surface area contributed by atoms with Gasteiger partial charge in [0.1, 0.15) is 41.4 Å². The molecule has 0 spiro atoms. The number of ketones is 2. The first-order valence-corrected chi connectivity index (χ1v) is 34.3. The van der Waals surface area contributed by atoms with Gasteiger partial charge in [-0.3, -0.25) is 43.2 Å². The largest absolute Gasteiger partial charge is 0.483 e. The first kappa shape index (κ1) is 74.6. The molecule has 14 atom stereocenters. The first-order chi connectivity index (χ1) is 47.5. The minimum Gasteiger partial charge on any atom is -0.483 e. The zero-order valence-corrected chi connectivity index (χ0v) is 57.6. The summed E-state index contributed by atoms with van der Waals surface area (Å²) in [5.41, 5.74) is 7.12. The van der Waals surface area contributed by atoms with Crippen molar-refractivity contribution in [2.24, 2.45) is 51.4 Å². The van der Waals surface area contributed by atoms with E-state index in [-0.39, 0.29) is 80.9 Å². The van der Waals surface area contributed by atoms with E-state index in [0.717, 1.165) is 17.2 Å². The highest BCUT2D eigenvalue weighted by Crippen LogP contribution is 2.70. The minimum absolute atomic E-state index is 0.0568. The number of aliphatic hydroxyl groups excluding tert-OH is 1. The Morgan fingerprint density at radius 2 is 1.34 bits per heavy atom. The molecule has 3 saturated carbocycles. The smallest absolute Gasteiger partial charge is 0.350 e. The first-order valence-electron chi connectivity index (χ1n) is 34.3. The lowest BCUT2D eigenvalue weighted by atomic mass is 9.37. The van der Waals surface area contributed by atoms with E-state index in [9.17, 15) is 53.4 Å². The average Bonchev–Trinajstić information content (AvgIpc) is 0.673. The lowest BCUT2D eigenvalue weighted by molar-refractivity contribution is -0.265. The molecular weight excluding hydrogens is 1280 g/mol. The van der Waals surface area contributed by atoms with Gasteiger partial charge in [0.15, 0.2) is 12.4 Å². The predicted octanol–water partition coefficient (Wildman–Crippen LogP) is 7.32. The van der Waals surface area contributed by atoms with Crippen LogP contribution in [0, 0.1) is 39.9 Å². The summed E-state index contributed by atoms with van der Waals surface area (Å²) in [4.78, 5) is 151. The molecule has 3 fully saturated rings. The highest BCUT2D eigenvalue weighted by Gasteiger charge is 2.74. The Hall–Kier alpha value is -9.61. The molecule has 2 unspecified atom stereocenters. The molecule has 0 saturated heterocycles. The zero-order chi connectivity index (χ0) is 72.4. The number of amides is 6. The summed E-state index contributed by atoms with van der Waals surface area (Å²) in [6, 6.07) is 33.9. The number of nitrogens with one attached hydrogen (secondary N) is 4. The predicted molar refractivity (Wildman–Crippen MR) is 368 cm³/mol. The number of aliphatic hydroxyl groups is 2. The number of hydrogen-bond acceptors (Lipinski definition) is 17. The van der Waals surface area contributed by atoms with Crippen molar-refractivity contribution < 1.29 is 81.9 Å². The van der Waals surface area contributed by atoms with Crippen LogP contribution in [-0.2, 0) is 57.4 Å². The van der Waals surface area contributed by atoms with E-state index in [4.69, 9.17) is 30.4 Å². The van der Waals surface area contributed by atoms with Gasteiger partial charge in [-0.25, -0.2) is 9.59 Å². The SMILES string of the molecule is CC1=C2[C@@H](C)C(=O)[C@@]3(C)[C@H]([C@H](OC(=O)c4ccccc4)[C@](O)(C[C@@H]1OC(=O)[C@H](OC(=O)CCC(=O)NCCCCC(NC(=O)CC[C@H](CC(=O)C(C)NC(=O)COc1cccc4ccccc14)C(N)=O)C(N)=O)[C@@H](NC(=O)c1ccccc1)c1ccccc1)C2(C)C)[C@]1(C)CC[C@@H]1C[C@@H]3O. The molecule has 10 N–H and O–H groups in total. The molecule has 5 aromatic carbocycles. The lowest BCUT2D eigenvalue weighted by Gasteiger charge is -2.68. The van der Waals surface area contributed by atoms with Crippen molar-refractivity contribution in [2.45, 2.75) is 174 Å². The van der Waals surface area contributed by atoms with Gasteiger partial charge in [0.05, 0.1) is 29.5 Å². The van der Waals surface area contributed by atoms with E-state index in [0.29, 0.717) is 35.3 Å². The lowest BCUT2D eigenvalue weighted by Crippen LogP contribution is -2.74. The van der Waals surface area contributed by atoms with Gasteiger partial charge in [-0.05, 0) is 129 Å². The van der Waals surface area contributed by atoms with Crippen molar-refractivity contribution in [2.75, 3.05) is 13.2 Å². The Kier molecular flexibility index (Phi) is 23.7. The summed E-state index contributed by atoms with van der Waals surface area (Å²) >= 11 is 0. The summed E-state index contributed by atoms with van der Waals surface area (Å²) in [7, 11) is 0. The molecule has 0 radical (unpaired) electrons. The van der Waals surface area contributed by atoms with Crippen LogP contribution < -0.4 is 37.5 Å². The fourth-order valence-corrected chi connectivity index (χ4v) is 15.8. The third kappa shape index (κ3) is 16.2. The highest BCUT2D eigenvalue weighted by molar-refractivity contribution is 5.96. The number of ether oxygens (including phenoxy) is 4. The summed E-state index contributed by atoms with van der Waals surface area (Å²) in [6.07, 6.45) is -5.83. The zero-order valence-electron chi connectivity index (χ0n) is 57.6. The number of hydrogen-bond donors (Lipinski definition) is 8. The molecule has 5 aromatic rings. The standard InChI is InChI=1S/C77H92N6O17/c1-44-57(42-77(96)68(100-72(94)50-27-15-10-16-28-50)66-75(6)38-37-52(75)41-58(85)76(66,7)67(90)45(2)63(44)74(77,4)5)98-73(95)65(64(48-23-11-8-12-24-48)83-71(93)49-25-13-9-14-26-49)99-62(89)36-35-59(86)80-39-20-19-31-54(70(79)92)82-60(87)34-33-51(69(78)91)40-55(84)46(3)81-61(88)43-97-56-32-21-29-47-22-17-18-30-53(47)56/h8-18,21-30,32,45-46,51-52,54,57-58,64-66,68,85,96H,19-20,31,33-43H2,1-7H3,(H2,78,91)(H2,79,92)(H,80,86)(H,81,88)(H,82,87)(H,83,93)/t45-,46?,51-,52-,54?,57+,58+,64+,65-,66-,68+,75-,76-,77-/m1/s1. The molecule has 532 valence electrons. The molecule has 0 aliphatic heterocycles. The number of unbranched alkanes of at least 4 members (excludes halogenated alkanes) is 1. The summed E-state index contributed by atoms with van der Waals surface area (Å²) in [6.45, 7) is 11.8. The number of fused-ring (bicyclic) bond motifs is 6. The Bertz CT molecular complexity index is 3920. The third-order valence-corrected chi connectivity index (χ3v) is 21.6. The second kappa shape index (κ2) is 31.7. The summed E-state index contributed by atoms with van der Waals surface area (Å²) < 4.78 is 24.9. The van der Waals surface area contributed by atoms with Crippen LogP contribution in [0.4, 0.5) is 0 Å². The maximum atomic E-state index is 15.6. The van der Waals surface area contributed by atoms with Crippen LogP contribution in [0.15, 0.2) is 145 Å². The second-order valence-corrected chi connectivity index (χ2v) is 28.2. The van der Waals surface area contributed by atoms with Crippen molar-refractivity contribution in [3.63, 3.8) is 0 Å². The number of carbonyl (C=O) groups is 11. The summed E-state index contributed by atoms with van der Waals surface area (Å²) in [5, 5.41) is 38.6. The van der Waals surface area contributed by atoms with Crippen molar-refractivity contribution >= 4 is 75.7 Å². The van der Waals surface area contributed by atoms with Gasteiger partial charge in [-0.2, -0.15) is 0 Å². The van der Waals surface area contributed by atoms with Gasteiger partial charge in [0, 0.05) is 66.3 Å². The number of rotatable bonds is 30. The molecular formula is C77H92N6O17. The summed E-state index contributed by atoms with van der Waals surface area (Å²) in [5.74, 6) is -10.5. The second-order valence-electron chi connectivity index (χ2n) is 28.2. The molecule has 23 heteroatoms. The normalized spacial score (nSPS) is 24.9. The highest BCUT2D eigenvalue weighted by atomic mass is 16.6. The van der Waals surface area contributed by atoms with Crippen LogP contribution in [0.2, 0.25) is 0 Å². The van der Waals surface area contributed by atoms with E-state index < -0.39 is 154 Å². The van der Waals surface area contributed by atoms with Gasteiger partial charge in [0.25, 0.3) is 11.8 Å². The molecule has 6 amide bonds. The minimum atomic E-state index is -2.11. The molecule has 23 nitrogen and oxygen atoms in total. The van der Waals surface area contributed by atoms with Gasteiger partial charge in [-0.1, -0.05) is 131 Å². The van der Waals surface area contributed by atoms with Crippen molar-refractivity contribution in [1.82, 2.24) is 21.3 Å². The fourth-order valence-electron chi connectivity index (χ4n) is 15.8. The Balaban J connectivity index is 0.839. The molecule has 0 aromatic heterocycles. The van der Waals surface area contributed by atoms with Crippen LogP contribution in [0.5, 0.6) is 5.75 Å². The van der Waals surface area contributed by atoms with Crippen LogP contribution >= 0.6 is 0 Å². The van der Waals surface area contributed by atoms with E-state index in [1.807, 2.05) is 37.3 Å². The van der Waals surface area contributed by atoms with Gasteiger partial charge in [0.2, 0.25) is 29.7 Å². The maximum absolute atomic E-state index is 15.6. The molecule has 4 aliphatic rings. The Morgan fingerprint density at radius 3 is 1.99 bits per heavy atom. The van der Waals surface area contributed by atoms with E-state index in [1.54, 1.807) is 138 Å². The van der Waals surface area contributed by atoms with E-state index in [2.05, 4.69) is 21.3 Å². The number of Topliss-reactive ketones (excluding diaryl/α,β-unsaturated/α-hetero) is 2. The quantitative estimate of drug-likeness (QED) is 0.00965. The molecule has 100 heavy (non-hydrogen) atoms. The number of carbonyl (C=O) groups excluding carboxylic acids is 11. The van der Waals surface area contributed by atoms with Crippen LogP contribution in [0.1, 0.15) is 158 Å². The van der Waals surface area contributed by atoms with Gasteiger partial charge < -0.3 is 61.9 Å². The van der Waals surface area contributed by atoms with Crippen LogP contribution in [-0.4, -0.2) is 130 Å². The fraction of sp³-hybridized carbons (Fsp3) is 0.468. The number of benzene rings is 5. The average molecular weight is 1370 g/mol. The number of esters is 3. The molecule has 2 bridgehead atoms. The van der Waals surface area contributed by atoms with Crippen molar-refractivity contribution in [3.05, 3.63) is 161 Å². The molecule has 9 rings (SSSR count). The van der Waals surface area contributed by atoms with Gasteiger partial charge in [-0.15, -0.1) is 0 Å². The topological polar surface area (TPSA) is 365 Å². The Labute approximate surface area is 581 Å². The number of nitrogens with two attached hydrogens (primary N) is 2. The van der Waals surface area contributed by atoms with Crippen molar-refractivity contribution in [3.8, 4) is 5.75 Å².